The fourth-order valence-corrected chi connectivity index (χ4v) is 4.31. The molecule has 1 aromatic heterocycles. The van der Waals surface area contributed by atoms with Gasteiger partial charge in [-0.05, 0) is 56.5 Å². The Labute approximate surface area is 156 Å². The van der Waals surface area contributed by atoms with Crippen LogP contribution in [0, 0.1) is 12.8 Å². The fraction of sp³-hybridized carbons (Fsp3) is 0.500. The molecule has 1 aliphatic heterocycles. The minimum Gasteiger partial charge on any atom is -0.362 e. The number of hydrogen-bond donors (Lipinski definition) is 1. The van der Waals surface area contributed by atoms with E-state index in [0.29, 0.717) is 6.04 Å². The van der Waals surface area contributed by atoms with E-state index in [2.05, 4.69) is 72.6 Å². The van der Waals surface area contributed by atoms with Gasteiger partial charge in [0.15, 0.2) is 0 Å². The molecule has 1 N–H and O–H groups in total. The van der Waals surface area contributed by atoms with Crippen molar-refractivity contribution >= 4 is 16.7 Å². The first-order chi connectivity index (χ1) is 12.6. The van der Waals surface area contributed by atoms with E-state index in [1.807, 2.05) is 0 Å². The van der Waals surface area contributed by atoms with Crippen molar-refractivity contribution in [2.24, 2.45) is 5.92 Å². The second-order valence-electron chi connectivity index (χ2n) is 8.03. The first-order valence-electron chi connectivity index (χ1n) is 9.81. The van der Waals surface area contributed by atoms with Crippen LogP contribution in [0.5, 0.6) is 0 Å². The summed E-state index contributed by atoms with van der Waals surface area (Å²) in [5.41, 5.74) is 3.61. The average molecular weight is 351 g/mol. The van der Waals surface area contributed by atoms with Crippen LogP contribution in [0.3, 0.4) is 0 Å². The summed E-state index contributed by atoms with van der Waals surface area (Å²) in [6, 6.07) is 9.51. The molecule has 1 aliphatic carbocycles. The highest BCUT2D eigenvalue weighted by Gasteiger charge is 2.32. The van der Waals surface area contributed by atoms with Gasteiger partial charge in [0.25, 0.3) is 0 Å². The van der Waals surface area contributed by atoms with Crippen molar-refractivity contribution in [2.45, 2.75) is 32.4 Å². The lowest BCUT2D eigenvalue weighted by atomic mass is 10.1. The van der Waals surface area contributed by atoms with Crippen molar-refractivity contribution in [2.75, 3.05) is 38.6 Å². The third-order valence-corrected chi connectivity index (χ3v) is 5.65. The number of hydrogen-bond acceptors (Lipinski definition) is 4. The lowest BCUT2D eigenvalue weighted by molar-refractivity contribution is 0.274. The van der Waals surface area contributed by atoms with Crippen molar-refractivity contribution < 1.29 is 0 Å². The standard InChI is InChI=1S/C22H30N4/c1-16-5-7-18-13-19(22(25(2)3)24-21(18)11-16)14-23-9-4-10-26-15-17-6-8-20(26)12-17/h5-8,11,13,17,20,23H,4,9-10,12,14-15H2,1-3H3. The molecule has 4 heteroatoms. The molecule has 0 amide bonds. The number of anilines is 1. The van der Waals surface area contributed by atoms with Crippen LogP contribution >= 0.6 is 0 Å². The Balaban J connectivity index is 1.34. The number of benzene rings is 1. The van der Waals surface area contributed by atoms with Crippen LogP contribution in [-0.2, 0) is 6.54 Å². The zero-order valence-corrected chi connectivity index (χ0v) is 16.2. The number of likely N-dealkylation sites (tertiary alicyclic amines) is 1. The van der Waals surface area contributed by atoms with Crippen LogP contribution in [0.25, 0.3) is 10.9 Å². The van der Waals surface area contributed by atoms with Gasteiger partial charge < -0.3 is 10.2 Å². The molecule has 0 saturated carbocycles. The second kappa shape index (κ2) is 7.37. The normalized spacial score (nSPS) is 21.8. The molecule has 2 heterocycles. The van der Waals surface area contributed by atoms with E-state index in [4.69, 9.17) is 4.98 Å². The Kier molecular flexibility index (Phi) is 4.96. The smallest absolute Gasteiger partial charge is 0.133 e. The minimum atomic E-state index is 0.716. The van der Waals surface area contributed by atoms with E-state index < -0.39 is 0 Å². The van der Waals surface area contributed by atoms with Gasteiger partial charge in [0.05, 0.1) is 5.52 Å². The SMILES string of the molecule is Cc1ccc2cc(CNCCCN3CC4C=CC3C4)c(N(C)C)nc2c1. The highest BCUT2D eigenvalue weighted by atomic mass is 15.2. The molecule has 138 valence electrons. The Bertz CT molecular complexity index is 811. The highest BCUT2D eigenvalue weighted by molar-refractivity contribution is 5.82. The van der Waals surface area contributed by atoms with E-state index in [0.717, 1.165) is 30.3 Å². The topological polar surface area (TPSA) is 31.4 Å². The Morgan fingerprint density at radius 3 is 2.85 bits per heavy atom. The monoisotopic (exact) mass is 350 g/mol. The summed E-state index contributed by atoms with van der Waals surface area (Å²) in [6.07, 6.45) is 7.35. The van der Waals surface area contributed by atoms with Gasteiger partial charge in [-0.3, -0.25) is 4.90 Å². The van der Waals surface area contributed by atoms with Crippen LogP contribution in [0.4, 0.5) is 5.82 Å². The maximum absolute atomic E-state index is 4.89. The summed E-state index contributed by atoms with van der Waals surface area (Å²) >= 11 is 0. The molecule has 2 aromatic rings. The van der Waals surface area contributed by atoms with Gasteiger partial charge in [-0.1, -0.05) is 24.3 Å². The predicted octanol–water partition coefficient (Wildman–Crippen LogP) is 3.35. The number of pyridine rings is 1. The minimum absolute atomic E-state index is 0.716. The van der Waals surface area contributed by atoms with Crippen LogP contribution in [0.1, 0.15) is 24.0 Å². The third kappa shape index (κ3) is 3.62. The first kappa shape index (κ1) is 17.5. The lowest BCUT2D eigenvalue weighted by Gasteiger charge is -2.23. The van der Waals surface area contributed by atoms with Crippen molar-refractivity contribution in [3.05, 3.63) is 47.5 Å². The van der Waals surface area contributed by atoms with Crippen molar-refractivity contribution in [3.8, 4) is 0 Å². The largest absolute Gasteiger partial charge is 0.362 e. The van der Waals surface area contributed by atoms with E-state index >= 15 is 0 Å². The zero-order chi connectivity index (χ0) is 18.1. The molecule has 1 saturated heterocycles. The summed E-state index contributed by atoms with van der Waals surface area (Å²) in [6.45, 7) is 6.51. The molecule has 2 atom stereocenters. The summed E-state index contributed by atoms with van der Waals surface area (Å²) in [5, 5.41) is 4.85. The van der Waals surface area contributed by atoms with Gasteiger partial charge in [-0.2, -0.15) is 0 Å². The van der Waals surface area contributed by atoms with E-state index in [1.165, 1.54) is 42.4 Å². The quantitative estimate of drug-likeness (QED) is 0.613. The fourth-order valence-electron chi connectivity index (χ4n) is 4.31. The molecule has 4 rings (SSSR count). The maximum atomic E-state index is 4.89. The lowest BCUT2D eigenvalue weighted by Crippen LogP contribution is -2.32. The number of aryl methyl sites for hydroxylation is 1. The summed E-state index contributed by atoms with van der Waals surface area (Å²) in [4.78, 5) is 9.65. The number of nitrogens with zero attached hydrogens (tertiary/aromatic N) is 3. The summed E-state index contributed by atoms with van der Waals surface area (Å²) < 4.78 is 0. The van der Waals surface area contributed by atoms with Crippen LogP contribution < -0.4 is 10.2 Å². The van der Waals surface area contributed by atoms with E-state index in [-0.39, 0.29) is 0 Å². The molecule has 2 unspecified atom stereocenters. The second-order valence-corrected chi connectivity index (χ2v) is 8.03. The first-order valence-corrected chi connectivity index (χ1v) is 9.81. The number of rotatable bonds is 7. The van der Waals surface area contributed by atoms with Gasteiger partial charge in [-0.25, -0.2) is 4.98 Å². The molecule has 0 radical (unpaired) electrons. The van der Waals surface area contributed by atoms with Gasteiger partial charge in [0.1, 0.15) is 5.82 Å². The van der Waals surface area contributed by atoms with Crippen molar-refractivity contribution in [3.63, 3.8) is 0 Å². The zero-order valence-electron chi connectivity index (χ0n) is 16.2. The molecule has 1 fully saturated rings. The molecule has 4 nitrogen and oxygen atoms in total. The molecule has 0 spiro atoms. The maximum Gasteiger partial charge on any atom is 0.133 e. The predicted molar refractivity (Wildman–Crippen MR) is 110 cm³/mol. The Morgan fingerprint density at radius 2 is 2.12 bits per heavy atom. The van der Waals surface area contributed by atoms with Gasteiger partial charge in [0.2, 0.25) is 0 Å². The number of fused-ring (bicyclic) bond motifs is 3. The molecule has 1 aromatic carbocycles. The van der Waals surface area contributed by atoms with Gasteiger partial charge in [-0.15, -0.1) is 0 Å². The van der Waals surface area contributed by atoms with Crippen LogP contribution in [-0.4, -0.2) is 49.7 Å². The molecule has 2 aliphatic rings. The summed E-state index contributed by atoms with van der Waals surface area (Å²) in [7, 11) is 4.15. The molecular formula is C22H30N4. The van der Waals surface area contributed by atoms with Gasteiger partial charge in [0, 0.05) is 44.2 Å². The Hall–Kier alpha value is -1.91. The summed E-state index contributed by atoms with van der Waals surface area (Å²) in [5.74, 6) is 1.89. The van der Waals surface area contributed by atoms with Gasteiger partial charge >= 0.3 is 0 Å². The Morgan fingerprint density at radius 1 is 1.23 bits per heavy atom. The highest BCUT2D eigenvalue weighted by Crippen LogP contribution is 2.31. The number of nitrogens with one attached hydrogen (secondary N) is 1. The van der Waals surface area contributed by atoms with Crippen molar-refractivity contribution in [1.29, 1.82) is 0 Å². The van der Waals surface area contributed by atoms with Crippen LogP contribution in [0.15, 0.2) is 36.4 Å². The molecule has 2 bridgehead atoms. The van der Waals surface area contributed by atoms with E-state index in [9.17, 15) is 0 Å². The average Bonchev–Trinajstić information content (AvgIpc) is 3.24. The number of aromatic nitrogens is 1. The molecular weight excluding hydrogens is 320 g/mol. The van der Waals surface area contributed by atoms with E-state index in [1.54, 1.807) is 0 Å². The van der Waals surface area contributed by atoms with Crippen molar-refractivity contribution in [1.82, 2.24) is 15.2 Å². The van der Waals surface area contributed by atoms with Crippen LogP contribution in [0.2, 0.25) is 0 Å². The molecule has 26 heavy (non-hydrogen) atoms. The third-order valence-electron chi connectivity index (χ3n) is 5.65.